The van der Waals surface area contributed by atoms with Crippen LogP contribution in [0.15, 0.2) is 12.2 Å². The molecule has 0 aromatic rings. The van der Waals surface area contributed by atoms with Crippen LogP contribution in [-0.4, -0.2) is 17.9 Å². The second-order valence-corrected chi connectivity index (χ2v) is 3.88. The zero-order valence-corrected chi connectivity index (χ0v) is 7.69. The van der Waals surface area contributed by atoms with Gasteiger partial charge in [-0.25, -0.2) is 0 Å². The summed E-state index contributed by atoms with van der Waals surface area (Å²) in [4.78, 5) is 22.5. The lowest BCUT2D eigenvalue weighted by Crippen LogP contribution is -2.16. The van der Waals surface area contributed by atoms with E-state index in [0.29, 0.717) is 0 Å². The summed E-state index contributed by atoms with van der Waals surface area (Å²) in [5, 5.41) is 0. The summed E-state index contributed by atoms with van der Waals surface area (Å²) in [7, 11) is 0. The minimum absolute atomic E-state index is 0.0794. The van der Waals surface area contributed by atoms with Crippen LogP contribution < -0.4 is 0 Å². The van der Waals surface area contributed by atoms with Gasteiger partial charge in [0.05, 0.1) is 12.0 Å². The third-order valence-corrected chi connectivity index (χ3v) is 2.51. The maximum Gasteiger partial charge on any atom is 0.310 e. The first-order valence-electron chi connectivity index (χ1n) is 4.54. The summed E-state index contributed by atoms with van der Waals surface area (Å²) < 4.78 is 5.03. The molecule has 0 aliphatic heterocycles. The fourth-order valence-electron chi connectivity index (χ4n) is 1.87. The molecule has 0 aromatic carbocycles. The van der Waals surface area contributed by atoms with Gasteiger partial charge >= 0.3 is 5.97 Å². The van der Waals surface area contributed by atoms with Gasteiger partial charge in [0.15, 0.2) is 5.78 Å². The van der Waals surface area contributed by atoms with E-state index < -0.39 is 0 Å². The number of hydrogen-bond donors (Lipinski definition) is 0. The third kappa shape index (κ3) is 1.28. The molecule has 3 unspecified atom stereocenters. The number of fused-ring (bicyclic) bond motifs is 1. The molecule has 70 valence electrons. The van der Waals surface area contributed by atoms with Gasteiger partial charge in [-0.05, 0) is 19.9 Å². The fraction of sp³-hybridized carbons (Fsp3) is 0.600. The standard InChI is InChI=1S/C10H12O3/c1-5(2)13-10(12)9-6-3-4-7(11)8(6)9/h3-6,8-9H,1-2H3. The topological polar surface area (TPSA) is 43.4 Å². The monoisotopic (exact) mass is 180 g/mol. The smallest absolute Gasteiger partial charge is 0.310 e. The van der Waals surface area contributed by atoms with E-state index in [1.807, 2.05) is 19.9 Å². The lowest BCUT2D eigenvalue weighted by Gasteiger charge is -2.07. The van der Waals surface area contributed by atoms with Crippen molar-refractivity contribution >= 4 is 11.8 Å². The molecule has 1 saturated carbocycles. The van der Waals surface area contributed by atoms with E-state index in [2.05, 4.69) is 0 Å². The molecule has 0 spiro atoms. The molecule has 1 fully saturated rings. The van der Waals surface area contributed by atoms with E-state index in [0.717, 1.165) is 0 Å². The quantitative estimate of drug-likeness (QED) is 0.594. The van der Waals surface area contributed by atoms with Crippen LogP contribution in [0.25, 0.3) is 0 Å². The van der Waals surface area contributed by atoms with E-state index in [1.165, 1.54) is 0 Å². The molecule has 2 rings (SSSR count). The molecule has 0 bridgehead atoms. The highest BCUT2D eigenvalue weighted by Gasteiger charge is 2.60. The van der Waals surface area contributed by atoms with Crippen molar-refractivity contribution in [2.45, 2.75) is 20.0 Å². The maximum absolute atomic E-state index is 11.4. The van der Waals surface area contributed by atoms with Gasteiger partial charge in [0.1, 0.15) is 0 Å². The van der Waals surface area contributed by atoms with Gasteiger partial charge in [0.25, 0.3) is 0 Å². The van der Waals surface area contributed by atoms with Crippen molar-refractivity contribution in [3.63, 3.8) is 0 Å². The van der Waals surface area contributed by atoms with Crippen molar-refractivity contribution < 1.29 is 14.3 Å². The molecule has 3 atom stereocenters. The highest BCUT2D eigenvalue weighted by atomic mass is 16.5. The van der Waals surface area contributed by atoms with Crippen LogP contribution in [0.5, 0.6) is 0 Å². The molecule has 0 amide bonds. The van der Waals surface area contributed by atoms with Crippen LogP contribution in [0.2, 0.25) is 0 Å². The van der Waals surface area contributed by atoms with Crippen molar-refractivity contribution in [1.82, 2.24) is 0 Å². The second kappa shape index (κ2) is 2.69. The molecule has 0 heterocycles. The molecule has 3 nitrogen and oxygen atoms in total. The summed E-state index contributed by atoms with van der Waals surface area (Å²) >= 11 is 0. The molecule has 2 aliphatic carbocycles. The Balaban J connectivity index is 1.96. The highest BCUT2D eigenvalue weighted by Crippen LogP contribution is 2.52. The number of ether oxygens (including phenoxy) is 1. The number of ketones is 1. The number of allylic oxidation sites excluding steroid dienone is 2. The average molecular weight is 180 g/mol. The van der Waals surface area contributed by atoms with E-state index >= 15 is 0 Å². The van der Waals surface area contributed by atoms with Gasteiger partial charge < -0.3 is 4.74 Å². The Labute approximate surface area is 76.8 Å². The Morgan fingerprint density at radius 3 is 2.69 bits per heavy atom. The Hall–Kier alpha value is -1.12. The predicted molar refractivity (Wildman–Crippen MR) is 45.8 cm³/mol. The fourth-order valence-corrected chi connectivity index (χ4v) is 1.87. The van der Waals surface area contributed by atoms with E-state index in [1.54, 1.807) is 6.08 Å². The van der Waals surface area contributed by atoms with Crippen molar-refractivity contribution in [1.29, 1.82) is 0 Å². The molecule has 3 heteroatoms. The molecule has 0 aromatic heterocycles. The van der Waals surface area contributed by atoms with E-state index in [9.17, 15) is 9.59 Å². The second-order valence-electron chi connectivity index (χ2n) is 3.88. The van der Waals surface area contributed by atoms with Crippen LogP contribution in [0.3, 0.4) is 0 Å². The van der Waals surface area contributed by atoms with Crippen LogP contribution >= 0.6 is 0 Å². The van der Waals surface area contributed by atoms with Crippen molar-refractivity contribution in [2.24, 2.45) is 17.8 Å². The van der Waals surface area contributed by atoms with Crippen LogP contribution in [-0.2, 0) is 14.3 Å². The molecule has 0 radical (unpaired) electrons. The van der Waals surface area contributed by atoms with Crippen LogP contribution in [0, 0.1) is 17.8 Å². The number of carbonyl (C=O) groups excluding carboxylic acids is 2. The number of esters is 1. The van der Waals surface area contributed by atoms with Gasteiger partial charge in [-0.15, -0.1) is 0 Å². The molecular weight excluding hydrogens is 168 g/mol. The Kier molecular flexibility index (Phi) is 1.75. The Morgan fingerprint density at radius 1 is 1.54 bits per heavy atom. The lowest BCUT2D eigenvalue weighted by atomic mass is 10.2. The lowest BCUT2D eigenvalue weighted by molar-refractivity contribution is -0.150. The van der Waals surface area contributed by atoms with Gasteiger partial charge in [0.2, 0.25) is 0 Å². The first kappa shape index (κ1) is 8.48. The SMILES string of the molecule is CC(C)OC(=O)C1C2C=CC(=O)C21. The normalized spacial score (nSPS) is 35.0. The van der Waals surface area contributed by atoms with Gasteiger partial charge in [0, 0.05) is 11.8 Å². The minimum atomic E-state index is -0.220. The first-order chi connectivity index (χ1) is 6.11. The van der Waals surface area contributed by atoms with E-state index in [-0.39, 0.29) is 35.6 Å². The maximum atomic E-state index is 11.4. The van der Waals surface area contributed by atoms with Crippen LogP contribution in [0.1, 0.15) is 13.8 Å². The first-order valence-corrected chi connectivity index (χ1v) is 4.54. The Morgan fingerprint density at radius 2 is 2.23 bits per heavy atom. The summed E-state index contributed by atoms with van der Waals surface area (Å²) in [5.41, 5.74) is 0. The average Bonchev–Trinajstić information content (AvgIpc) is 2.63. The molecule has 0 saturated heterocycles. The largest absolute Gasteiger partial charge is 0.463 e. The molecular formula is C10H12O3. The summed E-state index contributed by atoms with van der Waals surface area (Å²) in [6.07, 6.45) is 3.29. The molecule has 0 N–H and O–H groups in total. The number of rotatable bonds is 2. The molecule has 2 aliphatic rings. The van der Waals surface area contributed by atoms with Crippen LogP contribution in [0.4, 0.5) is 0 Å². The predicted octanol–water partition coefficient (Wildman–Crippen LogP) is 0.939. The molecule has 13 heavy (non-hydrogen) atoms. The van der Waals surface area contributed by atoms with Crippen molar-refractivity contribution in [2.75, 3.05) is 0 Å². The number of carbonyl (C=O) groups is 2. The summed E-state index contributed by atoms with van der Waals surface area (Å²) in [6.45, 7) is 3.63. The zero-order chi connectivity index (χ0) is 9.59. The summed E-state index contributed by atoms with van der Waals surface area (Å²) in [5.74, 6) is -0.275. The van der Waals surface area contributed by atoms with Gasteiger partial charge in [-0.1, -0.05) is 6.08 Å². The minimum Gasteiger partial charge on any atom is -0.463 e. The van der Waals surface area contributed by atoms with Gasteiger partial charge in [-0.3, -0.25) is 9.59 Å². The van der Waals surface area contributed by atoms with Gasteiger partial charge in [-0.2, -0.15) is 0 Å². The summed E-state index contributed by atoms with van der Waals surface area (Å²) in [6, 6.07) is 0. The van der Waals surface area contributed by atoms with E-state index in [4.69, 9.17) is 4.74 Å². The highest BCUT2D eigenvalue weighted by molar-refractivity contribution is 6.02. The zero-order valence-electron chi connectivity index (χ0n) is 7.69. The van der Waals surface area contributed by atoms with Crippen molar-refractivity contribution in [3.05, 3.63) is 12.2 Å². The Bertz CT molecular complexity index is 291. The van der Waals surface area contributed by atoms with Crippen molar-refractivity contribution in [3.8, 4) is 0 Å². The number of hydrogen-bond acceptors (Lipinski definition) is 3. The third-order valence-electron chi connectivity index (χ3n) is 2.51.